The summed E-state index contributed by atoms with van der Waals surface area (Å²) in [6.45, 7) is 7.83. The minimum absolute atomic E-state index is 0. The van der Waals surface area contributed by atoms with Crippen LogP contribution in [-0.4, -0.2) is 53.6 Å². The summed E-state index contributed by atoms with van der Waals surface area (Å²) in [5.74, 6) is 1.08. The highest BCUT2D eigenvalue weighted by atomic mass is 35.5. The molecule has 5 nitrogen and oxygen atoms in total. The van der Waals surface area contributed by atoms with E-state index in [0.29, 0.717) is 5.13 Å². The Balaban J connectivity index is 0.00000208. The van der Waals surface area contributed by atoms with Crippen molar-refractivity contribution in [2.45, 2.75) is 17.7 Å². The van der Waals surface area contributed by atoms with Crippen LogP contribution in [-0.2, 0) is 0 Å². The second-order valence-corrected chi connectivity index (χ2v) is 8.13. The number of halogens is 1. The van der Waals surface area contributed by atoms with Crippen molar-refractivity contribution in [3.63, 3.8) is 0 Å². The number of hydrogen-bond donors (Lipinski definition) is 1. The quantitative estimate of drug-likeness (QED) is 0.608. The summed E-state index contributed by atoms with van der Waals surface area (Å²) in [6.07, 6.45) is 1.18. The first-order valence-corrected chi connectivity index (χ1v) is 9.77. The molecule has 24 heavy (non-hydrogen) atoms. The third kappa shape index (κ3) is 5.51. The number of aryl methyl sites for hydroxylation is 1. The number of hydrogen-bond acceptors (Lipinski definition) is 7. The average molecular weight is 386 g/mol. The minimum atomic E-state index is 0. The van der Waals surface area contributed by atoms with Gasteiger partial charge in [0.1, 0.15) is 0 Å². The van der Waals surface area contributed by atoms with Crippen molar-refractivity contribution in [3.05, 3.63) is 29.8 Å². The van der Waals surface area contributed by atoms with Crippen LogP contribution in [0.1, 0.15) is 12.0 Å². The SMILES string of the molecule is Cc1cccc(N2CCN(CCCSc3nnc(N)s3)CC2)c1.Cl. The van der Waals surface area contributed by atoms with E-state index in [2.05, 4.69) is 51.2 Å². The molecule has 1 aromatic carbocycles. The Bertz CT molecular complexity index is 628. The third-order valence-corrected chi connectivity index (χ3v) is 5.98. The Morgan fingerprint density at radius 3 is 2.67 bits per heavy atom. The number of rotatable bonds is 6. The number of nitrogens with zero attached hydrogens (tertiary/aromatic N) is 4. The van der Waals surface area contributed by atoms with Gasteiger partial charge in [-0.15, -0.1) is 22.6 Å². The first-order chi connectivity index (χ1) is 11.2. The summed E-state index contributed by atoms with van der Waals surface area (Å²) in [4.78, 5) is 5.05. The van der Waals surface area contributed by atoms with Crippen LogP contribution in [0.5, 0.6) is 0 Å². The largest absolute Gasteiger partial charge is 0.374 e. The molecule has 8 heteroatoms. The maximum atomic E-state index is 5.59. The Morgan fingerprint density at radius 1 is 1.21 bits per heavy atom. The van der Waals surface area contributed by atoms with Gasteiger partial charge in [0.15, 0.2) is 4.34 Å². The summed E-state index contributed by atoms with van der Waals surface area (Å²) < 4.78 is 0.978. The molecule has 0 atom stereocenters. The van der Waals surface area contributed by atoms with Crippen LogP contribution in [0.4, 0.5) is 10.8 Å². The predicted molar refractivity (Wildman–Crippen MR) is 107 cm³/mol. The van der Waals surface area contributed by atoms with Gasteiger partial charge in [0.25, 0.3) is 0 Å². The van der Waals surface area contributed by atoms with Crippen LogP contribution in [0.2, 0.25) is 0 Å². The number of thioether (sulfide) groups is 1. The summed E-state index contributed by atoms with van der Waals surface area (Å²) in [6, 6.07) is 8.80. The number of nitrogen functional groups attached to an aromatic ring is 1. The van der Waals surface area contributed by atoms with Crippen molar-refractivity contribution >= 4 is 46.3 Å². The van der Waals surface area contributed by atoms with E-state index in [1.165, 1.54) is 29.0 Å². The molecule has 2 heterocycles. The van der Waals surface area contributed by atoms with E-state index in [9.17, 15) is 0 Å². The van der Waals surface area contributed by atoms with Crippen molar-refractivity contribution in [3.8, 4) is 0 Å². The van der Waals surface area contributed by atoms with Crippen molar-refractivity contribution < 1.29 is 0 Å². The van der Waals surface area contributed by atoms with E-state index in [0.717, 1.165) is 42.8 Å². The molecule has 1 aliphatic rings. The van der Waals surface area contributed by atoms with Gasteiger partial charge in [-0.25, -0.2) is 0 Å². The van der Waals surface area contributed by atoms with Gasteiger partial charge < -0.3 is 10.6 Å². The number of benzene rings is 1. The van der Waals surface area contributed by atoms with E-state index in [4.69, 9.17) is 5.73 Å². The zero-order valence-electron chi connectivity index (χ0n) is 13.9. The second kappa shape index (κ2) is 9.46. The van der Waals surface area contributed by atoms with Gasteiger partial charge in [0.2, 0.25) is 5.13 Å². The minimum Gasteiger partial charge on any atom is -0.374 e. The summed E-state index contributed by atoms with van der Waals surface area (Å²) in [5, 5.41) is 8.43. The molecular weight excluding hydrogens is 362 g/mol. The van der Waals surface area contributed by atoms with Gasteiger partial charge in [0, 0.05) is 37.6 Å². The van der Waals surface area contributed by atoms with Crippen LogP contribution in [0.3, 0.4) is 0 Å². The summed E-state index contributed by atoms with van der Waals surface area (Å²) >= 11 is 3.23. The number of aromatic nitrogens is 2. The zero-order chi connectivity index (χ0) is 16.1. The Morgan fingerprint density at radius 2 is 2.00 bits per heavy atom. The Labute approximate surface area is 158 Å². The van der Waals surface area contributed by atoms with Crippen LogP contribution in [0, 0.1) is 6.92 Å². The molecule has 3 rings (SSSR count). The fourth-order valence-corrected chi connectivity index (χ4v) is 4.41. The van der Waals surface area contributed by atoms with Crippen LogP contribution >= 0.6 is 35.5 Å². The molecule has 2 N–H and O–H groups in total. The predicted octanol–water partition coefficient (Wildman–Crippen LogP) is 3.15. The lowest BCUT2D eigenvalue weighted by Crippen LogP contribution is -2.46. The molecule has 1 aromatic heterocycles. The lowest BCUT2D eigenvalue weighted by Gasteiger charge is -2.36. The maximum absolute atomic E-state index is 5.59. The van der Waals surface area contributed by atoms with Crippen LogP contribution < -0.4 is 10.6 Å². The highest BCUT2D eigenvalue weighted by Crippen LogP contribution is 2.24. The zero-order valence-corrected chi connectivity index (χ0v) is 16.3. The van der Waals surface area contributed by atoms with E-state index in [1.807, 2.05) is 0 Å². The van der Waals surface area contributed by atoms with Crippen LogP contribution in [0.15, 0.2) is 28.6 Å². The van der Waals surface area contributed by atoms with Crippen molar-refractivity contribution in [1.82, 2.24) is 15.1 Å². The monoisotopic (exact) mass is 385 g/mol. The molecule has 0 amide bonds. The van der Waals surface area contributed by atoms with Gasteiger partial charge in [-0.3, -0.25) is 4.90 Å². The molecule has 0 spiro atoms. The normalized spacial score (nSPS) is 15.3. The van der Waals surface area contributed by atoms with Gasteiger partial charge in [-0.2, -0.15) is 0 Å². The molecule has 0 bridgehead atoms. The van der Waals surface area contributed by atoms with E-state index >= 15 is 0 Å². The molecule has 0 radical (unpaired) electrons. The molecule has 1 fully saturated rings. The van der Waals surface area contributed by atoms with Crippen molar-refractivity contribution in [2.24, 2.45) is 0 Å². The van der Waals surface area contributed by atoms with Gasteiger partial charge in [-0.05, 0) is 37.6 Å². The number of anilines is 2. The Hall–Kier alpha value is -1.02. The van der Waals surface area contributed by atoms with Crippen molar-refractivity contribution in [2.75, 3.05) is 49.1 Å². The molecule has 0 unspecified atom stereocenters. The first-order valence-electron chi connectivity index (χ1n) is 7.96. The van der Waals surface area contributed by atoms with Gasteiger partial charge >= 0.3 is 0 Å². The molecule has 132 valence electrons. The first kappa shape index (κ1) is 19.3. The maximum Gasteiger partial charge on any atom is 0.203 e. The highest BCUT2D eigenvalue weighted by molar-refractivity contribution is 8.01. The summed E-state index contributed by atoms with van der Waals surface area (Å²) in [7, 11) is 0. The third-order valence-electron chi connectivity index (χ3n) is 4.01. The highest BCUT2D eigenvalue weighted by Gasteiger charge is 2.16. The lowest BCUT2D eigenvalue weighted by molar-refractivity contribution is 0.259. The number of piperazine rings is 1. The average Bonchev–Trinajstić information content (AvgIpc) is 2.98. The molecule has 1 saturated heterocycles. The van der Waals surface area contributed by atoms with Crippen LogP contribution in [0.25, 0.3) is 0 Å². The molecule has 1 aliphatic heterocycles. The smallest absolute Gasteiger partial charge is 0.203 e. The topological polar surface area (TPSA) is 58.3 Å². The van der Waals surface area contributed by atoms with E-state index < -0.39 is 0 Å². The van der Waals surface area contributed by atoms with E-state index in [1.54, 1.807) is 11.8 Å². The second-order valence-electron chi connectivity index (χ2n) is 5.78. The molecule has 0 aliphatic carbocycles. The number of nitrogens with two attached hydrogens (primary N) is 1. The molecular formula is C16H24ClN5S2. The van der Waals surface area contributed by atoms with Crippen molar-refractivity contribution in [1.29, 1.82) is 0 Å². The fourth-order valence-electron chi connectivity index (χ4n) is 2.78. The lowest BCUT2D eigenvalue weighted by atomic mass is 10.2. The standard InChI is InChI=1S/C16H23N5S2.ClH/c1-13-4-2-5-14(12-13)21-9-7-20(8-10-21)6-3-11-22-16-19-18-15(17)23-16;/h2,4-5,12H,3,6-11H2,1H3,(H2,17,18);1H. The van der Waals surface area contributed by atoms with E-state index in [-0.39, 0.29) is 12.4 Å². The van der Waals surface area contributed by atoms with Gasteiger partial charge in [0.05, 0.1) is 0 Å². The molecule has 0 saturated carbocycles. The molecule has 2 aromatic rings. The Kier molecular flexibility index (Phi) is 7.61. The summed E-state index contributed by atoms with van der Waals surface area (Å²) in [5.41, 5.74) is 8.28. The fraction of sp³-hybridized carbons (Fsp3) is 0.500. The van der Waals surface area contributed by atoms with Gasteiger partial charge in [-0.1, -0.05) is 35.2 Å².